The molecule has 0 bridgehead atoms. The summed E-state index contributed by atoms with van der Waals surface area (Å²) in [6.07, 6.45) is 2.84. The van der Waals surface area contributed by atoms with Crippen LogP contribution in [0, 0.1) is 0 Å². The highest BCUT2D eigenvalue weighted by Gasteiger charge is 2.24. The van der Waals surface area contributed by atoms with E-state index in [4.69, 9.17) is 15.2 Å². The molecule has 0 aliphatic carbocycles. The molecule has 2 aromatic rings. The van der Waals surface area contributed by atoms with Crippen LogP contribution in [0.2, 0.25) is 0 Å². The van der Waals surface area contributed by atoms with Crippen LogP contribution < -0.4 is 19.9 Å². The van der Waals surface area contributed by atoms with Gasteiger partial charge in [-0.15, -0.1) is 0 Å². The van der Waals surface area contributed by atoms with E-state index in [0.29, 0.717) is 0 Å². The fraction of sp³-hybridized carbons (Fsp3) is 0.167. The van der Waals surface area contributed by atoms with Gasteiger partial charge in [-0.1, -0.05) is 0 Å². The van der Waals surface area contributed by atoms with Gasteiger partial charge < -0.3 is 15.2 Å². The van der Waals surface area contributed by atoms with Gasteiger partial charge >= 0.3 is 0 Å². The number of sulfonamides is 1. The zero-order chi connectivity index (χ0) is 15.5. The molecule has 112 valence electrons. The number of methoxy groups -OCH3 is 2. The molecule has 21 heavy (non-hydrogen) atoms. The maximum Gasteiger partial charge on any atom is 0.268 e. The number of anilines is 2. The van der Waals surface area contributed by atoms with Crippen LogP contribution in [0.25, 0.3) is 0 Å². The Hall–Kier alpha value is -2.55. The topological polar surface area (TPSA) is 116 Å². The maximum absolute atomic E-state index is 12.4. The molecule has 0 spiro atoms. The van der Waals surface area contributed by atoms with Gasteiger partial charge in [0.1, 0.15) is 4.90 Å². The van der Waals surface area contributed by atoms with Crippen molar-refractivity contribution in [3.05, 3.63) is 30.6 Å². The van der Waals surface area contributed by atoms with Crippen LogP contribution in [0.1, 0.15) is 0 Å². The van der Waals surface area contributed by atoms with Crippen LogP contribution >= 0.6 is 0 Å². The highest BCUT2D eigenvalue weighted by Crippen LogP contribution is 2.39. The second-order valence-corrected chi connectivity index (χ2v) is 5.55. The van der Waals surface area contributed by atoms with Gasteiger partial charge in [0.2, 0.25) is 5.95 Å². The average Bonchev–Trinajstić information content (AvgIpc) is 2.47. The molecule has 1 aromatic heterocycles. The third-order valence-corrected chi connectivity index (χ3v) is 3.95. The number of ether oxygens (including phenoxy) is 2. The summed E-state index contributed by atoms with van der Waals surface area (Å²) in [7, 11) is -1.24. The normalized spacial score (nSPS) is 11.0. The molecular formula is C12H14N4O4S. The van der Waals surface area contributed by atoms with E-state index in [9.17, 15) is 8.42 Å². The Morgan fingerprint density at radius 1 is 1.10 bits per heavy atom. The number of hydrogen-bond donors (Lipinski definition) is 2. The Labute approximate surface area is 122 Å². The summed E-state index contributed by atoms with van der Waals surface area (Å²) in [4.78, 5) is 7.49. The van der Waals surface area contributed by atoms with Gasteiger partial charge in [-0.25, -0.2) is 23.1 Å². The number of aromatic nitrogens is 2. The van der Waals surface area contributed by atoms with Crippen LogP contribution in [-0.4, -0.2) is 32.6 Å². The van der Waals surface area contributed by atoms with Crippen molar-refractivity contribution in [2.24, 2.45) is 0 Å². The molecule has 1 heterocycles. The number of hydrogen-bond acceptors (Lipinski definition) is 7. The van der Waals surface area contributed by atoms with Gasteiger partial charge in [0.05, 0.1) is 19.9 Å². The number of rotatable bonds is 5. The lowest BCUT2D eigenvalue weighted by Crippen LogP contribution is -2.16. The van der Waals surface area contributed by atoms with E-state index in [1.807, 2.05) is 0 Å². The summed E-state index contributed by atoms with van der Waals surface area (Å²) in [5, 5.41) is 0. The Kier molecular flexibility index (Phi) is 4.13. The molecule has 9 heteroatoms. The highest BCUT2D eigenvalue weighted by atomic mass is 32.2. The molecule has 0 aliphatic heterocycles. The molecule has 0 atom stereocenters. The quantitative estimate of drug-likeness (QED) is 0.787. The Morgan fingerprint density at radius 2 is 1.71 bits per heavy atom. The fourth-order valence-corrected chi connectivity index (χ4v) is 2.83. The molecule has 0 saturated heterocycles. The molecule has 0 amide bonds. The van der Waals surface area contributed by atoms with Crippen LogP contribution in [-0.2, 0) is 10.0 Å². The second-order valence-electron chi connectivity index (χ2n) is 3.90. The van der Waals surface area contributed by atoms with E-state index >= 15 is 0 Å². The Morgan fingerprint density at radius 3 is 2.29 bits per heavy atom. The lowest BCUT2D eigenvalue weighted by atomic mass is 10.3. The zero-order valence-corrected chi connectivity index (χ0v) is 12.2. The molecule has 2 rings (SSSR count). The average molecular weight is 310 g/mol. The molecule has 3 N–H and O–H groups in total. The Balaban J connectivity index is 2.50. The zero-order valence-electron chi connectivity index (χ0n) is 11.4. The predicted octanol–water partition coefficient (Wildman–Crippen LogP) is 0.877. The second kappa shape index (κ2) is 5.83. The van der Waals surface area contributed by atoms with Crippen molar-refractivity contribution in [3.8, 4) is 11.5 Å². The molecule has 0 saturated carbocycles. The molecular weight excluding hydrogens is 296 g/mol. The molecule has 1 aromatic carbocycles. The predicted molar refractivity (Wildman–Crippen MR) is 76.8 cm³/mol. The number of nitrogens with zero attached hydrogens (tertiary/aromatic N) is 2. The minimum atomic E-state index is -3.94. The van der Waals surface area contributed by atoms with Crippen LogP contribution in [0.5, 0.6) is 11.5 Å². The first-order valence-corrected chi connectivity index (χ1v) is 7.28. The molecule has 0 unspecified atom stereocenters. The summed E-state index contributed by atoms with van der Waals surface area (Å²) in [5.41, 5.74) is 6.00. The van der Waals surface area contributed by atoms with E-state index in [-0.39, 0.29) is 28.0 Å². The minimum Gasteiger partial charge on any atom is -0.491 e. The van der Waals surface area contributed by atoms with Gasteiger partial charge in [0, 0.05) is 12.4 Å². The van der Waals surface area contributed by atoms with Gasteiger partial charge in [-0.3, -0.25) is 0 Å². The number of nitrogen functional groups attached to an aromatic ring is 1. The smallest absolute Gasteiger partial charge is 0.268 e. The third kappa shape index (κ3) is 2.97. The van der Waals surface area contributed by atoms with E-state index in [1.165, 1.54) is 38.7 Å². The van der Waals surface area contributed by atoms with Gasteiger partial charge in [0.15, 0.2) is 11.5 Å². The molecule has 0 aliphatic rings. The minimum absolute atomic E-state index is 0.0148. The van der Waals surface area contributed by atoms with Crippen molar-refractivity contribution in [2.45, 2.75) is 4.90 Å². The lowest BCUT2D eigenvalue weighted by Gasteiger charge is -2.15. The number of nitrogens with two attached hydrogens (primary N) is 1. The Bertz CT molecular complexity index is 734. The van der Waals surface area contributed by atoms with E-state index in [1.54, 1.807) is 6.07 Å². The van der Waals surface area contributed by atoms with Crippen molar-refractivity contribution < 1.29 is 17.9 Å². The van der Waals surface area contributed by atoms with E-state index < -0.39 is 10.0 Å². The van der Waals surface area contributed by atoms with Gasteiger partial charge in [0.25, 0.3) is 10.0 Å². The lowest BCUT2D eigenvalue weighted by molar-refractivity contribution is 0.348. The highest BCUT2D eigenvalue weighted by molar-refractivity contribution is 7.92. The monoisotopic (exact) mass is 310 g/mol. The number of benzene rings is 1. The van der Waals surface area contributed by atoms with Crippen molar-refractivity contribution in [2.75, 3.05) is 24.7 Å². The SMILES string of the molecule is COc1c(N)ccc(S(=O)(=O)Nc2ncccn2)c1OC. The van der Waals surface area contributed by atoms with Gasteiger partial charge in [-0.05, 0) is 18.2 Å². The molecule has 0 fully saturated rings. The van der Waals surface area contributed by atoms with Crippen molar-refractivity contribution in [1.29, 1.82) is 0 Å². The summed E-state index contributed by atoms with van der Waals surface area (Å²) in [6, 6.07) is 4.31. The van der Waals surface area contributed by atoms with Gasteiger partial charge in [-0.2, -0.15) is 0 Å². The fourth-order valence-electron chi connectivity index (χ4n) is 1.70. The first-order valence-electron chi connectivity index (χ1n) is 5.80. The first kappa shape index (κ1) is 14.9. The molecule has 8 nitrogen and oxygen atoms in total. The standard InChI is InChI=1S/C12H14N4O4S/c1-19-10-8(13)4-5-9(11(10)20-2)21(17,18)16-12-14-6-3-7-15-12/h3-7H,13H2,1-2H3,(H,14,15,16). The van der Waals surface area contributed by atoms with Crippen molar-refractivity contribution in [1.82, 2.24) is 9.97 Å². The first-order chi connectivity index (χ1) is 9.99. The third-order valence-electron chi connectivity index (χ3n) is 2.60. The summed E-state index contributed by atoms with van der Waals surface area (Å²) in [5.74, 6) is 0.116. The largest absolute Gasteiger partial charge is 0.491 e. The van der Waals surface area contributed by atoms with E-state index in [0.717, 1.165) is 0 Å². The summed E-state index contributed by atoms with van der Waals surface area (Å²) in [6.45, 7) is 0. The summed E-state index contributed by atoms with van der Waals surface area (Å²) >= 11 is 0. The van der Waals surface area contributed by atoms with Crippen LogP contribution in [0.3, 0.4) is 0 Å². The number of nitrogens with one attached hydrogen (secondary N) is 1. The van der Waals surface area contributed by atoms with E-state index in [2.05, 4.69) is 14.7 Å². The van der Waals surface area contributed by atoms with Crippen LogP contribution in [0.15, 0.2) is 35.5 Å². The van der Waals surface area contributed by atoms with Crippen LogP contribution in [0.4, 0.5) is 11.6 Å². The van der Waals surface area contributed by atoms with Crippen molar-refractivity contribution in [3.63, 3.8) is 0 Å². The molecule has 0 radical (unpaired) electrons. The summed E-state index contributed by atoms with van der Waals surface area (Å²) < 4.78 is 37.2. The van der Waals surface area contributed by atoms with Crippen molar-refractivity contribution >= 4 is 21.7 Å². The maximum atomic E-state index is 12.4.